The number of hydrogen-bond acceptors (Lipinski definition) is 7. The zero-order valence-electron chi connectivity index (χ0n) is 8.97. The van der Waals surface area contributed by atoms with E-state index in [0.29, 0.717) is 0 Å². The molecule has 0 saturated carbocycles. The molecule has 10 heteroatoms. The fraction of sp³-hybridized carbons (Fsp3) is 0.125. The Morgan fingerprint density at radius 2 is 1.39 bits per heavy atom. The summed E-state index contributed by atoms with van der Waals surface area (Å²) in [6.45, 7) is 0. The van der Waals surface area contributed by atoms with E-state index in [-0.39, 0.29) is 5.91 Å². The maximum Gasteiger partial charge on any atom is 0.295 e. The minimum absolute atomic E-state index is 0.372. The summed E-state index contributed by atoms with van der Waals surface area (Å²) in [5, 5.41) is 11.7. The van der Waals surface area contributed by atoms with Gasteiger partial charge >= 0.3 is 0 Å². The van der Waals surface area contributed by atoms with Crippen molar-refractivity contribution in [1.82, 2.24) is 44.3 Å². The number of nitrogens with zero attached hydrogens (tertiary/aromatic N) is 9. The molecule has 0 unspecified atom stereocenters. The summed E-state index contributed by atoms with van der Waals surface area (Å²) in [7, 11) is 0. The predicted molar refractivity (Wildman–Crippen MR) is 55.1 cm³/mol. The molecule has 0 atom stereocenters. The van der Waals surface area contributed by atoms with Gasteiger partial charge in [0.1, 0.15) is 38.0 Å². The molecule has 0 aliphatic heterocycles. The Morgan fingerprint density at radius 3 is 1.83 bits per heavy atom. The van der Waals surface area contributed by atoms with Gasteiger partial charge in [-0.05, 0) is 0 Å². The van der Waals surface area contributed by atoms with Crippen LogP contribution in [0, 0.1) is 0 Å². The van der Waals surface area contributed by atoms with Gasteiger partial charge in [0, 0.05) is 0 Å². The minimum Gasteiger partial charge on any atom is -0.268 e. The molecule has 3 rings (SSSR count). The number of rotatable bonds is 3. The van der Waals surface area contributed by atoms with Gasteiger partial charge in [0.25, 0.3) is 5.91 Å². The Labute approximate surface area is 99.9 Å². The molecule has 0 aromatic carbocycles. The van der Waals surface area contributed by atoms with Gasteiger partial charge in [0.05, 0.1) is 0 Å². The molecule has 0 bridgehead atoms. The molecule has 18 heavy (non-hydrogen) atoms. The lowest BCUT2D eigenvalue weighted by Crippen LogP contribution is -2.32. The predicted octanol–water partition coefficient (Wildman–Crippen LogP) is -1.15. The van der Waals surface area contributed by atoms with Gasteiger partial charge in [-0.3, -0.25) is 4.79 Å². The lowest BCUT2D eigenvalue weighted by molar-refractivity contribution is 0.0780. The smallest absolute Gasteiger partial charge is 0.268 e. The SMILES string of the molecule is O=C(C(n1cncn1)n1cncn1)n1cncn1. The average molecular weight is 245 g/mol. The normalized spacial score (nSPS) is 10.9. The fourth-order valence-electron chi connectivity index (χ4n) is 1.48. The first-order chi connectivity index (χ1) is 8.86. The first-order valence-electron chi connectivity index (χ1n) is 4.93. The summed E-state index contributed by atoms with van der Waals surface area (Å²) in [6, 6.07) is 0. The Balaban J connectivity index is 2.04. The van der Waals surface area contributed by atoms with Gasteiger partial charge in [-0.15, -0.1) is 0 Å². The minimum atomic E-state index is -0.836. The summed E-state index contributed by atoms with van der Waals surface area (Å²) < 4.78 is 3.82. The third-order valence-corrected chi connectivity index (χ3v) is 2.24. The monoisotopic (exact) mass is 245 g/mol. The highest BCUT2D eigenvalue weighted by Crippen LogP contribution is 2.08. The number of carbonyl (C=O) groups excluding carboxylic acids is 1. The molecule has 0 saturated heterocycles. The Bertz CT molecular complexity index is 577. The fourth-order valence-corrected chi connectivity index (χ4v) is 1.48. The molecule has 90 valence electrons. The molecule has 3 heterocycles. The van der Waals surface area contributed by atoms with Gasteiger partial charge < -0.3 is 0 Å². The van der Waals surface area contributed by atoms with Crippen molar-refractivity contribution in [2.45, 2.75) is 6.17 Å². The van der Waals surface area contributed by atoms with Crippen LogP contribution < -0.4 is 0 Å². The lowest BCUT2D eigenvalue weighted by Gasteiger charge is -2.14. The summed E-state index contributed by atoms with van der Waals surface area (Å²) in [6.07, 6.45) is 7.25. The first kappa shape index (κ1) is 10.3. The van der Waals surface area contributed by atoms with Crippen LogP contribution in [0.2, 0.25) is 0 Å². The van der Waals surface area contributed by atoms with Crippen LogP contribution in [-0.2, 0) is 0 Å². The molecular weight excluding hydrogens is 238 g/mol. The average Bonchev–Trinajstić information content (AvgIpc) is 3.14. The highest BCUT2D eigenvalue weighted by atomic mass is 16.2. The van der Waals surface area contributed by atoms with E-state index in [2.05, 4.69) is 30.2 Å². The van der Waals surface area contributed by atoms with E-state index in [1.165, 1.54) is 47.3 Å². The highest BCUT2D eigenvalue weighted by Gasteiger charge is 2.25. The number of carbonyl (C=O) groups is 1. The van der Waals surface area contributed by atoms with Crippen LogP contribution in [0.15, 0.2) is 38.0 Å². The molecule has 10 nitrogen and oxygen atoms in total. The van der Waals surface area contributed by atoms with E-state index in [9.17, 15) is 4.79 Å². The number of hydrogen-bond donors (Lipinski definition) is 0. The van der Waals surface area contributed by atoms with E-state index in [0.717, 1.165) is 4.68 Å². The second-order valence-corrected chi connectivity index (χ2v) is 3.30. The van der Waals surface area contributed by atoms with E-state index >= 15 is 0 Å². The summed E-state index contributed by atoms with van der Waals surface area (Å²) in [5.74, 6) is -0.372. The molecule has 0 fully saturated rings. The third-order valence-electron chi connectivity index (χ3n) is 2.24. The van der Waals surface area contributed by atoms with Gasteiger partial charge in [0.2, 0.25) is 6.17 Å². The van der Waals surface area contributed by atoms with Crippen molar-refractivity contribution in [3.8, 4) is 0 Å². The van der Waals surface area contributed by atoms with Crippen molar-refractivity contribution in [1.29, 1.82) is 0 Å². The first-order valence-corrected chi connectivity index (χ1v) is 4.93. The summed E-state index contributed by atoms with van der Waals surface area (Å²) in [4.78, 5) is 23.6. The van der Waals surface area contributed by atoms with Crippen molar-refractivity contribution in [2.75, 3.05) is 0 Å². The molecule has 0 aliphatic rings. The van der Waals surface area contributed by atoms with Crippen molar-refractivity contribution >= 4 is 5.91 Å². The van der Waals surface area contributed by atoms with Crippen molar-refractivity contribution in [2.24, 2.45) is 0 Å². The van der Waals surface area contributed by atoms with Crippen LogP contribution in [0.25, 0.3) is 0 Å². The zero-order chi connectivity index (χ0) is 12.4. The van der Waals surface area contributed by atoms with Crippen molar-refractivity contribution in [3.63, 3.8) is 0 Å². The Kier molecular flexibility index (Phi) is 2.37. The van der Waals surface area contributed by atoms with Gasteiger partial charge in [-0.1, -0.05) is 0 Å². The van der Waals surface area contributed by atoms with Crippen molar-refractivity contribution in [3.05, 3.63) is 38.0 Å². The standard InChI is InChI=1S/C8H7N9O/c18-8(17-6-11-3-14-17)7(15-4-9-1-12-15)16-5-10-2-13-16/h1-7H. The van der Waals surface area contributed by atoms with Gasteiger partial charge in [-0.2, -0.15) is 20.0 Å². The highest BCUT2D eigenvalue weighted by molar-refractivity contribution is 5.81. The molecule has 0 radical (unpaired) electrons. The Hall–Kier alpha value is -2.91. The second-order valence-electron chi connectivity index (χ2n) is 3.30. The second kappa shape index (κ2) is 4.16. The zero-order valence-corrected chi connectivity index (χ0v) is 8.97. The van der Waals surface area contributed by atoms with Crippen LogP contribution in [0.1, 0.15) is 11.0 Å². The molecule has 0 N–H and O–H groups in total. The van der Waals surface area contributed by atoms with E-state index < -0.39 is 6.17 Å². The van der Waals surface area contributed by atoms with E-state index in [1.807, 2.05) is 0 Å². The topological polar surface area (TPSA) is 109 Å². The third kappa shape index (κ3) is 1.65. The molecule has 0 aliphatic carbocycles. The van der Waals surface area contributed by atoms with Crippen LogP contribution in [0.4, 0.5) is 0 Å². The molecular formula is C8H7N9O. The van der Waals surface area contributed by atoms with E-state index in [1.54, 1.807) is 0 Å². The van der Waals surface area contributed by atoms with Crippen LogP contribution in [0.5, 0.6) is 0 Å². The summed E-state index contributed by atoms with van der Waals surface area (Å²) >= 11 is 0. The van der Waals surface area contributed by atoms with Gasteiger partial charge in [0.15, 0.2) is 0 Å². The quantitative estimate of drug-likeness (QED) is 0.572. The Morgan fingerprint density at radius 1 is 0.833 bits per heavy atom. The van der Waals surface area contributed by atoms with E-state index in [4.69, 9.17) is 0 Å². The number of aromatic nitrogens is 9. The van der Waals surface area contributed by atoms with Crippen LogP contribution in [-0.4, -0.2) is 50.2 Å². The molecule has 3 aromatic heterocycles. The lowest BCUT2D eigenvalue weighted by atomic mass is 10.4. The summed E-state index contributed by atoms with van der Waals surface area (Å²) in [5.41, 5.74) is 0. The molecule has 3 aromatic rings. The van der Waals surface area contributed by atoms with Crippen LogP contribution in [0.3, 0.4) is 0 Å². The largest absolute Gasteiger partial charge is 0.295 e. The molecule has 0 spiro atoms. The van der Waals surface area contributed by atoms with Gasteiger partial charge in [-0.25, -0.2) is 24.3 Å². The van der Waals surface area contributed by atoms with Crippen molar-refractivity contribution < 1.29 is 4.79 Å². The van der Waals surface area contributed by atoms with Crippen LogP contribution >= 0.6 is 0 Å². The maximum atomic E-state index is 12.3. The maximum absolute atomic E-state index is 12.3. The molecule has 0 amide bonds.